The van der Waals surface area contributed by atoms with Crippen LogP contribution in [0.25, 0.3) is 0 Å². The minimum Gasteiger partial charge on any atom is -0.494 e. The highest BCUT2D eigenvalue weighted by molar-refractivity contribution is 7.89. The number of ether oxygens (including phenoxy) is 1. The van der Waals surface area contributed by atoms with Crippen LogP contribution in [0.1, 0.15) is 18.4 Å². The van der Waals surface area contributed by atoms with E-state index in [1.807, 2.05) is 0 Å². The number of benzene rings is 2. The van der Waals surface area contributed by atoms with E-state index in [2.05, 4.69) is 4.72 Å². The van der Waals surface area contributed by atoms with Crippen LogP contribution in [0.3, 0.4) is 0 Å². The molecule has 24 heavy (non-hydrogen) atoms. The summed E-state index contributed by atoms with van der Waals surface area (Å²) in [6.07, 6.45) is 1.64. The first-order valence-corrected chi connectivity index (χ1v) is 8.94. The first-order valence-electron chi connectivity index (χ1n) is 7.46. The van der Waals surface area contributed by atoms with Crippen LogP contribution in [-0.2, 0) is 15.4 Å². The molecular formula is C17H17F2NO3S. The molecule has 2 aromatic rings. The zero-order chi connectivity index (χ0) is 17.4. The summed E-state index contributed by atoms with van der Waals surface area (Å²) in [5, 5.41) is 0. The molecule has 1 aliphatic rings. The lowest BCUT2D eigenvalue weighted by atomic mass is 9.96. The Labute approximate surface area is 139 Å². The lowest BCUT2D eigenvalue weighted by molar-refractivity contribution is 0.385. The molecule has 0 unspecified atom stereocenters. The fourth-order valence-corrected chi connectivity index (χ4v) is 3.79. The van der Waals surface area contributed by atoms with Crippen molar-refractivity contribution in [3.63, 3.8) is 0 Å². The van der Waals surface area contributed by atoms with Gasteiger partial charge in [0.2, 0.25) is 10.0 Å². The van der Waals surface area contributed by atoms with E-state index in [0.717, 1.165) is 24.5 Å². The molecule has 3 rings (SSSR count). The maximum atomic E-state index is 13.7. The highest BCUT2D eigenvalue weighted by Crippen LogP contribution is 2.47. The molecule has 2 aromatic carbocycles. The molecule has 0 heterocycles. The molecule has 0 amide bonds. The molecule has 0 saturated heterocycles. The minimum atomic E-state index is -3.84. The fraction of sp³-hybridized carbons (Fsp3) is 0.294. The molecule has 1 saturated carbocycles. The quantitative estimate of drug-likeness (QED) is 0.869. The van der Waals surface area contributed by atoms with Crippen molar-refractivity contribution in [2.24, 2.45) is 0 Å². The molecule has 128 valence electrons. The van der Waals surface area contributed by atoms with E-state index >= 15 is 0 Å². The zero-order valence-corrected chi connectivity index (χ0v) is 13.9. The van der Waals surface area contributed by atoms with E-state index < -0.39 is 15.8 Å². The second-order valence-electron chi connectivity index (χ2n) is 5.91. The molecule has 0 aliphatic heterocycles. The Bertz CT molecular complexity index is 847. The number of sulfonamides is 1. The average molecular weight is 353 g/mol. The SMILES string of the molecule is COc1ccc(S(=O)(=O)NCC2(c3ccc(F)cc3)CC2)cc1F. The first kappa shape index (κ1) is 16.9. The van der Waals surface area contributed by atoms with Crippen molar-refractivity contribution >= 4 is 10.0 Å². The summed E-state index contributed by atoms with van der Waals surface area (Å²) in [5.74, 6) is -1.08. The summed E-state index contributed by atoms with van der Waals surface area (Å²) >= 11 is 0. The second kappa shape index (κ2) is 6.14. The van der Waals surface area contributed by atoms with Crippen LogP contribution in [0.5, 0.6) is 5.75 Å². The van der Waals surface area contributed by atoms with Crippen LogP contribution in [0, 0.1) is 11.6 Å². The van der Waals surface area contributed by atoms with Crippen LogP contribution in [0.15, 0.2) is 47.4 Å². The van der Waals surface area contributed by atoms with Gasteiger partial charge in [-0.15, -0.1) is 0 Å². The molecule has 1 fully saturated rings. The Morgan fingerprint density at radius 3 is 2.33 bits per heavy atom. The summed E-state index contributed by atoms with van der Waals surface area (Å²) in [4.78, 5) is -0.157. The van der Waals surface area contributed by atoms with E-state index in [4.69, 9.17) is 4.74 Å². The van der Waals surface area contributed by atoms with Gasteiger partial charge in [0.1, 0.15) is 5.82 Å². The third kappa shape index (κ3) is 3.27. The topological polar surface area (TPSA) is 55.4 Å². The summed E-state index contributed by atoms with van der Waals surface area (Å²) in [5.41, 5.74) is 0.582. The molecule has 0 bridgehead atoms. The Morgan fingerprint density at radius 2 is 1.79 bits per heavy atom. The average Bonchev–Trinajstić information content (AvgIpc) is 3.35. The maximum absolute atomic E-state index is 13.7. The Balaban J connectivity index is 1.76. The summed E-state index contributed by atoms with van der Waals surface area (Å²) < 4.78 is 58.8. The van der Waals surface area contributed by atoms with Crippen molar-refractivity contribution in [1.82, 2.24) is 4.72 Å². The minimum absolute atomic E-state index is 0.0149. The highest BCUT2D eigenvalue weighted by atomic mass is 32.2. The van der Waals surface area contributed by atoms with Crippen molar-refractivity contribution in [3.05, 3.63) is 59.7 Å². The van der Waals surface area contributed by atoms with E-state index in [9.17, 15) is 17.2 Å². The van der Waals surface area contributed by atoms with Crippen LogP contribution < -0.4 is 9.46 Å². The zero-order valence-electron chi connectivity index (χ0n) is 13.1. The Morgan fingerprint density at radius 1 is 1.12 bits per heavy atom. The fourth-order valence-electron chi connectivity index (χ4n) is 2.65. The van der Waals surface area contributed by atoms with Gasteiger partial charge in [0, 0.05) is 12.0 Å². The monoisotopic (exact) mass is 353 g/mol. The summed E-state index contributed by atoms with van der Waals surface area (Å²) in [6.45, 7) is 0.189. The summed E-state index contributed by atoms with van der Waals surface area (Å²) in [6, 6.07) is 9.57. The van der Waals surface area contributed by atoms with Gasteiger partial charge in [-0.3, -0.25) is 0 Å². The van der Waals surface area contributed by atoms with Crippen LogP contribution in [0.4, 0.5) is 8.78 Å². The number of halogens is 2. The van der Waals surface area contributed by atoms with E-state index in [-0.39, 0.29) is 28.4 Å². The lowest BCUT2D eigenvalue weighted by Crippen LogP contribution is -2.32. The number of methoxy groups -OCH3 is 1. The molecular weight excluding hydrogens is 336 g/mol. The van der Waals surface area contributed by atoms with Gasteiger partial charge >= 0.3 is 0 Å². The molecule has 0 radical (unpaired) electrons. The van der Waals surface area contributed by atoms with Crippen molar-refractivity contribution < 1.29 is 21.9 Å². The van der Waals surface area contributed by atoms with Crippen molar-refractivity contribution in [1.29, 1.82) is 0 Å². The standard InChI is InChI=1S/C17H17F2NO3S/c1-23-16-7-6-14(10-15(16)19)24(21,22)20-11-17(8-9-17)12-2-4-13(18)5-3-12/h2-7,10,20H,8-9,11H2,1H3. The number of hydrogen-bond acceptors (Lipinski definition) is 3. The molecule has 4 nitrogen and oxygen atoms in total. The van der Waals surface area contributed by atoms with Crippen molar-refractivity contribution in [2.75, 3.05) is 13.7 Å². The van der Waals surface area contributed by atoms with E-state index in [1.165, 1.54) is 31.4 Å². The van der Waals surface area contributed by atoms with Gasteiger partial charge in [0.25, 0.3) is 0 Å². The Hall–Kier alpha value is -1.99. The van der Waals surface area contributed by atoms with Gasteiger partial charge in [-0.2, -0.15) is 0 Å². The van der Waals surface area contributed by atoms with Gasteiger partial charge in [-0.1, -0.05) is 12.1 Å². The molecule has 0 atom stereocenters. The molecule has 0 aromatic heterocycles. The molecule has 0 spiro atoms. The van der Waals surface area contributed by atoms with Crippen LogP contribution in [-0.4, -0.2) is 22.1 Å². The second-order valence-corrected chi connectivity index (χ2v) is 7.68. The first-order chi connectivity index (χ1) is 11.4. The third-order valence-electron chi connectivity index (χ3n) is 4.34. The summed E-state index contributed by atoms with van der Waals surface area (Å²) in [7, 11) is -2.53. The van der Waals surface area contributed by atoms with Gasteiger partial charge in [-0.05, 0) is 48.7 Å². The Kier molecular flexibility index (Phi) is 4.31. The number of hydrogen-bond donors (Lipinski definition) is 1. The predicted molar refractivity (Wildman–Crippen MR) is 85.5 cm³/mol. The third-order valence-corrected chi connectivity index (χ3v) is 5.74. The lowest BCUT2D eigenvalue weighted by Gasteiger charge is -2.17. The predicted octanol–water partition coefficient (Wildman–Crippen LogP) is 2.98. The highest BCUT2D eigenvalue weighted by Gasteiger charge is 2.44. The van der Waals surface area contributed by atoms with Crippen LogP contribution >= 0.6 is 0 Å². The van der Waals surface area contributed by atoms with Crippen molar-refractivity contribution in [3.8, 4) is 5.75 Å². The van der Waals surface area contributed by atoms with E-state index in [0.29, 0.717) is 0 Å². The van der Waals surface area contributed by atoms with Gasteiger partial charge in [0.15, 0.2) is 11.6 Å². The maximum Gasteiger partial charge on any atom is 0.240 e. The smallest absolute Gasteiger partial charge is 0.240 e. The van der Waals surface area contributed by atoms with Gasteiger partial charge in [-0.25, -0.2) is 21.9 Å². The normalized spacial score (nSPS) is 16.0. The van der Waals surface area contributed by atoms with Crippen LogP contribution in [0.2, 0.25) is 0 Å². The molecule has 1 aliphatic carbocycles. The molecule has 7 heteroatoms. The van der Waals surface area contributed by atoms with Gasteiger partial charge in [0.05, 0.1) is 12.0 Å². The number of nitrogens with one attached hydrogen (secondary N) is 1. The largest absolute Gasteiger partial charge is 0.494 e. The van der Waals surface area contributed by atoms with Gasteiger partial charge < -0.3 is 4.74 Å². The van der Waals surface area contributed by atoms with E-state index in [1.54, 1.807) is 12.1 Å². The van der Waals surface area contributed by atoms with Crippen molar-refractivity contribution in [2.45, 2.75) is 23.2 Å². The molecule has 1 N–H and O–H groups in total. The number of rotatable bonds is 6.